The van der Waals surface area contributed by atoms with E-state index >= 15 is 0 Å². The second-order valence-corrected chi connectivity index (χ2v) is 9.80. The van der Waals surface area contributed by atoms with Gasteiger partial charge >= 0.3 is 0 Å². The van der Waals surface area contributed by atoms with E-state index in [2.05, 4.69) is 79.4 Å². The molecule has 1 atom stereocenters. The van der Waals surface area contributed by atoms with Gasteiger partial charge in [-0.05, 0) is 78.6 Å². The van der Waals surface area contributed by atoms with E-state index in [0.717, 1.165) is 26.1 Å². The van der Waals surface area contributed by atoms with E-state index in [1.54, 1.807) is 13.8 Å². The number of rotatable bonds is 6. The molecule has 1 aliphatic heterocycles. The number of hydrogen-bond acceptors (Lipinski definition) is 3. The zero-order valence-electron chi connectivity index (χ0n) is 23.2. The van der Waals surface area contributed by atoms with Gasteiger partial charge in [-0.1, -0.05) is 90.8 Å². The number of aryl methyl sites for hydroxylation is 2. The van der Waals surface area contributed by atoms with Crippen LogP contribution in [-0.2, 0) is 22.4 Å². The van der Waals surface area contributed by atoms with Crippen molar-refractivity contribution >= 4 is 27.3 Å². The topological polar surface area (TPSA) is 46.5 Å². The minimum Gasteiger partial charge on any atom is -0.381 e. The number of benzene rings is 4. The lowest BCUT2D eigenvalue weighted by Crippen LogP contribution is -2.21. The fourth-order valence-corrected chi connectivity index (χ4v) is 4.08. The predicted molar refractivity (Wildman–Crippen MR) is 165 cm³/mol. The summed E-state index contributed by atoms with van der Waals surface area (Å²) in [6.45, 7) is 5.31. The van der Waals surface area contributed by atoms with Gasteiger partial charge in [0.25, 0.3) is 0 Å². The number of carbonyl (C=O) groups is 1. The van der Waals surface area contributed by atoms with E-state index in [1.165, 1.54) is 45.5 Å². The molecule has 0 aliphatic carbocycles. The van der Waals surface area contributed by atoms with Crippen LogP contribution in [-0.4, -0.2) is 29.7 Å². The minimum absolute atomic E-state index is 0.253. The molecule has 39 heavy (non-hydrogen) atoms. The molecular weight excluding hydrogens is 480 g/mol. The Bertz CT molecular complexity index is 1360. The van der Waals surface area contributed by atoms with Crippen LogP contribution < -0.4 is 0 Å². The monoisotopic (exact) mass is 520 g/mol. The molecular formula is C36H40O3. The Hall–Kier alpha value is -3.89. The van der Waals surface area contributed by atoms with Crippen molar-refractivity contribution in [2.45, 2.75) is 58.0 Å². The molecule has 3 nitrogen and oxygen atoms in total. The van der Waals surface area contributed by atoms with Crippen molar-refractivity contribution < 1.29 is 14.6 Å². The summed E-state index contributed by atoms with van der Waals surface area (Å²) >= 11 is 0. The van der Waals surface area contributed by atoms with Crippen molar-refractivity contribution in [1.29, 1.82) is 0 Å². The number of ether oxygens (including phenoxy) is 1. The Balaban J connectivity index is 0.000000221. The van der Waals surface area contributed by atoms with E-state index in [1.807, 2.05) is 24.3 Å². The second kappa shape index (κ2) is 16.8. The molecule has 0 bridgehead atoms. The van der Waals surface area contributed by atoms with Crippen LogP contribution in [0.25, 0.3) is 21.5 Å². The first kappa shape index (κ1) is 31.3. The van der Waals surface area contributed by atoms with Gasteiger partial charge in [-0.25, -0.2) is 0 Å². The standard InChI is InChI=1S/C16H16O.C14H14O.C4H8O.C2H2/c1-3-16(2,17)11-10-13-8-9-14-6-4-5-7-15(14)12-13;1-11(15)6-7-12-8-9-13-4-2-3-5-14(13)10-12;1-2-4-5-3-1;1-2/h1,4-9,12,17H,10-11H2,2H3;2-5,8-10H,6-7H2,1H3;1-4H2;1-2H. The van der Waals surface area contributed by atoms with Gasteiger partial charge in [0.05, 0.1) is 0 Å². The Morgan fingerprint density at radius 2 is 1.28 bits per heavy atom. The van der Waals surface area contributed by atoms with E-state index in [9.17, 15) is 9.90 Å². The number of carbonyl (C=O) groups excluding carboxylic acids is 1. The highest BCUT2D eigenvalue weighted by atomic mass is 16.5. The third-order valence-electron chi connectivity index (χ3n) is 6.43. The molecule has 202 valence electrons. The lowest BCUT2D eigenvalue weighted by molar-refractivity contribution is -0.116. The molecule has 3 heteroatoms. The Morgan fingerprint density at radius 1 is 0.821 bits per heavy atom. The second-order valence-electron chi connectivity index (χ2n) is 9.80. The molecule has 0 aromatic heterocycles. The summed E-state index contributed by atoms with van der Waals surface area (Å²) in [5.74, 6) is 2.66. The molecule has 1 unspecified atom stereocenters. The minimum atomic E-state index is -1.01. The smallest absolute Gasteiger partial charge is 0.130 e. The number of ketones is 1. The first-order valence-corrected chi connectivity index (χ1v) is 13.4. The van der Waals surface area contributed by atoms with E-state index < -0.39 is 5.60 Å². The van der Waals surface area contributed by atoms with Gasteiger partial charge in [-0.3, -0.25) is 0 Å². The number of Topliss-reactive ketones (excluding diaryl/α,β-unsaturated/α-hetero) is 1. The van der Waals surface area contributed by atoms with E-state index in [-0.39, 0.29) is 5.78 Å². The van der Waals surface area contributed by atoms with Gasteiger partial charge in [0.15, 0.2) is 0 Å². The molecule has 1 aliphatic rings. The summed E-state index contributed by atoms with van der Waals surface area (Å²) in [6, 6.07) is 29.3. The quantitative estimate of drug-likeness (QED) is 0.267. The van der Waals surface area contributed by atoms with Gasteiger partial charge in [-0.15, -0.1) is 19.3 Å². The lowest BCUT2D eigenvalue weighted by Gasteiger charge is -2.15. The van der Waals surface area contributed by atoms with Gasteiger partial charge in [-0.2, -0.15) is 0 Å². The summed E-state index contributed by atoms with van der Waals surface area (Å²) in [5.41, 5.74) is 1.44. The van der Waals surface area contributed by atoms with Crippen LogP contribution in [0.5, 0.6) is 0 Å². The number of terminal acetylenes is 2. The van der Waals surface area contributed by atoms with Crippen LogP contribution in [0, 0.1) is 25.2 Å². The summed E-state index contributed by atoms with van der Waals surface area (Å²) in [4.78, 5) is 10.9. The first-order chi connectivity index (χ1) is 18.9. The SMILES string of the molecule is C#C.C#CC(C)(O)CCc1ccc2ccccc2c1.C1CCOC1.CC(=O)CCc1ccc2ccccc2c1. The zero-order chi connectivity index (χ0) is 28.5. The van der Waals surface area contributed by atoms with Crippen LogP contribution in [0.15, 0.2) is 84.9 Å². The van der Waals surface area contributed by atoms with Gasteiger partial charge in [0, 0.05) is 19.6 Å². The molecule has 0 spiro atoms. The van der Waals surface area contributed by atoms with Crippen molar-refractivity contribution in [2.24, 2.45) is 0 Å². The molecule has 1 heterocycles. The third-order valence-corrected chi connectivity index (χ3v) is 6.43. The molecule has 0 radical (unpaired) electrons. The molecule has 0 amide bonds. The Labute approximate surface area is 234 Å². The number of hydrogen-bond donors (Lipinski definition) is 1. The maximum Gasteiger partial charge on any atom is 0.130 e. The highest BCUT2D eigenvalue weighted by Crippen LogP contribution is 2.19. The van der Waals surface area contributed by atoms with Crippen molar-refractivity contribution in [1.82, 2.24) is 0 Å². The van der Waals surface area contributed by atoms with Crippen LogP contribution in [0.4, 0.5) is 0 Å². The maximum atomic E-state index is 10.9. The van der Waals surface area contributed by atoms with Crippen molar-refractivity contribution in [3.05, 3.63) is 96.1 Å². The van der Waals surface area contributed by atoms with Gasteiger partial charge < -0.3 is 14.6 Å². The normalized spacial score (nSPS) is 13.3. The fraction of sp³-hybridized carbons (Fsp3) is 0.306. The highest BCUT2D eigenvalue weighted by molar-refractivity contribution is 5.84. The number of aliphatic hydroxyl groups is 1. The molecule has 1 N–H and O–H groups in total. The van der Waals surface area contributed by atoms with Gasteiger partial charge in [0.2, 0.25) is 0 Å². The summed E-state index contributed by atoms with van der Waals surface area (Å²) in [5, 5.41) is 14.7. The molecule has 0 saturated carbocycles. The van der Waals surface area contributed by atoms with E-state index in [0.29, 0.717) is 12.8 Å². The average Bonchev–Trinajstić information content (AvgIpc) is 3.57. The summed E-state index contributed by atoms with van der Waals surface area (Å²) in [6.07, 6.45) is 18.7. The van der Waals surface area contributed by atoms with Crippen molar-refractivity contribution in [2.75, 3.05) is 13.2 Å². The summed E-state index contributed by atoms with van der Waals surface area (Å²) in [7, 11) is 0. The summed E-state index contributed by atoms with van der Waals surface area (Å²) < 4.78 is 4.94. The fourth-order valence-electron chi connectivity index (χ4n) is 4.08. The maximum absolute atomic E-state index is 10.9. The van der Waals surface area contributed by atoms with Crippen LogP contribution in [0.2, 0.25) is 0 Å². The highest BCUT2D eigenvalue weighted by Gasteiger charge is 2.15. The Morgan fingerprint density at radius 3 is 1.69 bits per heavy atom. The lowest BCUT2D eigenvalue weighted by atomic mass is 9.96. The third kappa shape index (κ3) is 11.6. The Kier molecular flexibility index (Phi) is 13.5. The predicted octanol–water partition coefficient (Wildman–Crippen LogP) is 7.56. The van der Waals surface area contributed by atoms with Crippen molar-refractivity contribution in [3.63, 3.8) is 0 Å². The molecule has 4 aromatic rings. The molecule has 1 saturated heterocycles. The average molecular weight is 521 g/mol. The molecule has 1 fully saturated rings. The largest absolute Gasteiger partial charge is 0.381 e. The van der Waals surface area contributed by atoms with Crippen LogP contribution in [0.1, 0.15) is 50.7 Å². The zero-order valence-corrected chi connectivity index (χ0v) is 23.2. The first-order valence-electron chi connectivity index (χ1n) is 13.4. The number of fused-ring (bicyclic) bond motifs is 2. The van der Waals surface area contributed by atoms with E-state index in [4.69, 9.17) is 11.2 Å². The van der Waals surface area contributed by atoms with Crippen molar-refractivity contribution in [3.8, 4) is 25.2 Å². The van der Waals surface area contributed by atoms with Crippen LogP contribution >= 0.6 is 0 Å². The van der Waals surface area contributed by atoms with Gasteiger partial charge in [0.1, 0.15) is 11.4 Å². The molecule has 5 rings (SSSR count). The van der Waals surface area contributed by atoms with Crippen LogP contribution in [0.3, 0.4) is 0 Å². The molecule has 4 aromatic carbocycles.